The zero-order valence-corrected chi connectivity index (χ0v) is 14.7. The molecule has 0 bridgehead atoms. The number of unbranched alkanes of at least 4 members (excludes halogenated alkanes) is 2. The molecule has 2 rings (SSSR count). The van der Waals surface area contributed by atoms with Crippen LogP contribution in [0.25, 0.3) is 6.08 Å². The lowest BCUT2D eigenvalue weighted by atomic mass is 9.89. The van der Waals surface area contributed by atoms with Gasteiger partial charge in [-0.05, 0) is 37.3 Å². The number of carbonyl (C=O) groups excluding carboxylic acids is 1. The van der Waals surface area contributed by atoms with Crippen LogP contribution in [0.5, 0.6) is 0 Å². The highest BCUT2D eigenvalue weighted by Gasteiger charge is 2.47. The summed E-state index contributed by atoms with van der Waals surface area (Å²) in [5, 5.41) is 0. The van der Waals surface area contributed by atoms with Crippen molar-refractivity contribution in [2.24, 2.45) is 0 Å². The Labute approximate surface area is 140 Å². The maximum atomic E-state index is 12.5. The van der Waals surface area contributed by atoms with Crippen molar-refractivity contribution in [2.75, 3.05) is 6.54 Å². The minimum Gasteiger partial charge on any atom is -0.436 e. The van der Waals surface area contributed by atoms with Gasteiger partial charge in [-0.25, -0.2) is 4.79 Å². The van der Waals surface area contributed by atoms with Crippen molar-refractivity contribution < 1.29 is 9.53 Å². The van der Waals surface area contributed by atoms with Crippen molar-refractivity contribution in [3.05, 3.63) is 41.6 Å². The molecule has 0 saturated carbocycles. The topological polar surface area (TPSA) is 29.5 Å². The van der Waals surface area contributed by atoms with Crippen molar-refractivity contribution in [1.82, 2.24) is 4.90 Å². The number of ether oxygens (including phenoxy) is 1. The molecule has 1 saturated heterocycles. The maximum Gasteiger partial charge on any atom is 0.415 e. The van der Waals surface area contributed by atoms with Crippen LogP contribution in [0.15, 0.2) is 36.0 Å². The second-order valence-corrected chi connectivity index (χ2v) is 6.26. The molecule has 1 unspecified atom stereocenters. The van der Waals surface area contributed by atoms with E-state index in [-0.39, 0.29) is 6.09 Å². The minimum atomic E-state index is -0.462. The molecule has 0 aromatic heterocycles. The summed E-state index contributed by atoms with van der Waals surface area (Å²) in [6, 6.07) is 10.2. The van der Waals surface area contributed by atoms with Crippen LogP contribution in [0.4, 0.5) is 4.79 Å². The normalized spacial score (nSPS) is 22.7. The summed E-state index contributed by atoms with van der Waals surface area (Å²) in [4.78, 5) is 14.3. The van der Waals surface area contributed by atoms with Crippen molar-refractivity contribution in [2.45, 2.75) is 64.9 Å². The fourth-order valence-corrected chi connectivity index (χ4v) is 3.13. The van der Waals surface area contributed by atoms with Gasteiger partial charge in [0.1, 0.15) is 0 Å². The van der Waals surface area contributed by atoms with E-state index in [0.29, 0.717) is 0 Å². The molecule has 1 aliphatic rings. The second kappa shape index (κ2) is 8.19. The van der Waals surface area contributed by atoms with Crippen molar-refractivity contribution in [1.29, 1.82) is 0 Å². The molecule has 23 heavy (non-hydrogen) atoms. The molecule has 0 spiro atoms. The number of benzene rings is 1. The lowest BCUT2D eigenvalue weighted by Crippen LogP contribution is -2.32. The van der Waals surface area contributed by atoms with Gasteiger partial charge in [-0.15, -0.1) is 0 Å². The molecule has 1 fully saturated rings. The number of rotatable bonds is 8. The van der Waals surface area contributed by atoms with Crippen LogP contribution in [0, 0.1) is 0 Å². The number of hydrogen-bond acceptors (Lipinski definition) is 2. The van der Waals surface area contributed by atoms with Crippen molar-refractivity contribution >= 4 is 12.2 Å². The molecule has 3 nitrogen and oxygen atoms in total. The average Bonchev–Trinajstić information content (AvgIpc) is 2.84. The molecule has 1 heterocycles. The van der Waals surface area contributed by atoms with Crippen LogP contribution in [-0.2, 0) is 4.74 Å². The van der Waals surface area contributed by atoms with E-state index in [0.717, 1.165) is 56.3 Å². The summed E-state index contributed by atoms with van der Waals surface area (Å²) in [5.41, 5.74) is 1.70. The zero-order valence-electron chi connectivity index (χ0n) is 14.7. The highest BCUT2D eigenvalue weighted by molar-refractivity contribution is 5.78. The third kappa shape index (κ3) is 3.95. The Morgan fingerprint density at radius 1 is 1.09 bits per heavy atom. The molecule has 1 aliphatic heterocycles. The second-order valence-electron chi connectivity index (χ2n) is 6.26. The highest BCUT2D eigenvalue weighted by atomic mass is 16.6. The summed E-state index contributed by atoms with van der Waals surface area (Å²) >= 11 is 0. The zero-order chi connectivity index (χ0) is 16.7. The summed E-state index contributed by atoms with van der Waals surface area (Å²) < 4.78 is 5.91. The lowest BCUT2D eigenvalue weighted by molar-refractivity contribution is 0.0576. The molecule has 0 N–H and O–H groups in total. The van der Waals surface area contributed by atoms with Crippen LogP contribution < -0.4 is 0 Å². The highest BCUT2D eigenvalue weighted by Crippen LogP contribution is 2.41. The Kier molecular flexibility index (Phi) is 6.26. The van der Waals surface area contributed by atoms with E-state index < -0.39 is 5.60 Å². The first-order valence-electron chi connectivity index (χ1n) is 8.94. The van der Waals surface area contributed by atoms with Gasteiger partial charge in [-0.3, -0.25) is 4.90 Å². The fraction of sp³-hybridized carbons (Fsp3) is 0.550. The van der Waals surface area contributed by atoms with E-state index in [1.807, 2.05) is 23.1 Å². The van der Waals surface area contributed by atoms with Gasteiger partial charge >= 0.3 is 6.09 Å². The summed E-state index contributed by atoms with van der Waals surface area (Å²) in [7, 11) is 0. The smallest absolute Gasteiger partial charge is 0.415 e. The van der Waals surface area contributed by atoms with Crippen LogP contribution in [-0.4, -0.2) is 23.1 Å². The van der Waals surface area contributed by atoms with Gasteiger partial charge in [0.15, 0.2) is 5.60 Å². The number of carbonyl (C=O) groups is 1. The molecular weight excluding hydrogens is 286 g/mol. The van der Waals surface area contributed by atoms with Crippen molar-refractivity contribution in [3.63, 3.8) is 0 Å². The quantitative estimate of drug-likeness (QED) is 0.623. The predicted octanol–water partition coefficient (Wildman–Crippen LogP) is 5.62. The van der Waals surface area contributed by atoms with Crippen LogP contribution in [0.2, 0.25) is 0 Å². The molecule has 3 heteroatoms. The SMILES string of the molecule is CCCCN1C(=O)OC(CC)(CCCC)/C1=C\c1ccccc1. The third-order valence-corrected chi connectivity index (χ3v) is 4.60. The van der Waals surface area contributed by atoms with Crippen LogP contribution in [0.1, 0.15) is 64.9 Å². The average molecular weight is 315 g/mol. The van der Waals surface area contributed by atoms with Gasteiger partial charge in [0.05, 0.1) is 5.70 Å². The fourth-order valence-electron chi connectivity index (χ4n) is 3.13. The van der Waals surface area contributed by atoms with E-state index in [1.165, 1.54) is 0 Å². The van der Waals surface area contributed by atoms with E-state index in [1.54, 1.807) is 0 Å². The first-order chi connectivity index (χ1) is 11.2. The molecule has 1 atom stereocenters. The standard InChI is InChI=1S/C20H29NO2/c1-4-7-14-20(6-3)18(16-17-12-10-9-11-13-17)21(15-8-5-2)19(22)23-20/h9-13,16H,4-8,14-15H2,1-3H3/b18-16+. The largest absolute Gasteiger partial charge is 0.436 e. The summed E-state index contributed by atoms with van der Waals surface area (Å²) in [6.07, 6.45) is 7.90. The lowest BCUT2D eigenvalue weighted by Gasteiger charge is -2.28. The number of hydrogen-bond donors (Lipinski definition) is 0. The predicted molar refractivity (Wildman–Crippen MR) is 95.1 cm³/mol. The molecule has 1 aromatic carbocycles. The Morgan fingerprint density at radius 3 is 2.39 bits per heavy atom. The number of amides is 1. The number of cyclic esters (lactones) is 1. The number of nitrogens with zero attached hydrogens (tertiary/aromatic N) is 1. The third-order valence-electron chi connectivity index (χ3n) is 4.60. The van der Waals surface area contributed by atoms with E-state index >= 15 is 0 Å². The molecular formula is C20H29NO2. The Balaban J connectivity index is 2.40. The van der Waals surface area contributed by atoms with Crippen LogP contribution >= 0.6 is 0 Å². The van der Waals surface area contributed by atoms with Gasteiger partial charge < -0.3 is 4.74 Å². The molecule has 1 aromatic rings. The summed E-state index contributed by atoms with van der Waals surface area (Å²) in [6.45, 7) is 7.18. The Morgan fingerprint density at radius 2 is 1.78 bits per heavy atom. The van der Waals surface area contributed by atoms with Gasteiger partial charge in [0.25, 0.3) is 0 Å². The Bertz CT molecular complexity index is 538. The van der Waals surface area contributed by atoms with Crippen molar-refractivity contribution in [3.8, 4) is 0 Å². The minimum absolute atomic E-state index is 0.182. The van der Waals surface area contributed by atoms with E-state index in [2.05, 4.69) is 39.0 Å². The van der Waals surface area contributed by atoms with Gasteiger partial charge in [-0.1, -0.05) is 63.9 Å². The summed E-state index contributed by atoms with van der Waals surface area (Å²) in [5.74, 6) is 0. The first kappa shape index (κ1) is 17.6. The molecule has 126 valence electrons. The van der Waals surface area contributed by atoms with E-state index in [9.17, 15) is 4.79 Å². The van der Waals surface area contributed by atoms with Gasteiger partial charge in [-0.2, -0.15) is 0 Å². The maximum absolute atomic E-state index is 12.5. The van der Waals surface area contributed by atoms with Gasteiger partial charge in [0.2, 0.25) is 0 Å². The molecule has 0 aliphatic carbocycles. The molecule has 0 radical (unpaired) electrons. The van der Waals surface area contributed by atoms with Crippen LogP contribution in [0.3, 0.4) is 0 Å². The first-order valence-corrected chi connectivity index (χ1v) is 8.94. The monoisotopic (exact) mass is 315 g/mol. The Hall–Kier alpha value is -1.77. The molecule has 1 amide bonds. The van der Waals surface area contributed by atoms with Gasteiger partial charge in [0, 0.05) is 6.54 Å². The van der Waals surface area contributed by atoms with E-state index in [4.69, 9.17) is 4.74 Å².